The van der Waals surface area contributed by atoms with E-state index < -0.39 is 11.5 Å². The van der Waals surface area contributed by atoms with Crippen LogP contribution in [0.3, 0.4) is 0 Å². The van der Waals surface area contributed by atoms with E-state index in [-0.39, 0.29) is 5.92 Å². The van der Waals surface area contributed by atoms with Crippen molar-refractivity contribution in [2.75, 3.05) is 6.54 Å². The minimum atomic E-state index is -0.763. The topological polar surface area (TPSA) is 67.2 Å². The normalized spacial score (nSPS) is 19.3. The van der Waals surface area contributed by atoms with Crippen molar-refractivity contribution >= 4 is 5.97 Å². The number of nitrogens with zero attached hydrogens (tertiary/aromatic N) is 2. The molecule has 1 aliphatic carbocycles. The van der Waals surface area contributed by atoms with E-state index >= 15 is 0 Å². The lowest BCUT2D eigenvalue weighted by Crippen LogP contribution is -2.52. The number of carboxylic acids is 1. The van der Waals surface area contributed by atoms with Gasteiger partial charge in [0.1, 0.15) is 5.54 Å². The van der Waals surface area contributed by atoms with Gasteiger partial charge in [-0.2, -0.15) is 0 Å². The molecule has 88 valence electrons. The van der Waals surface area contributed by atoms with Crippen LogP contribution in [0.5, 0.6) is 0 Å². The van der Waals surface area contributed by atoms with Crippen molar-refractivity contribution < 1.29 is 9.90 Å². The Bertz CT molecular complexity index is 359. The van der Waals surface area contributed by atoms with Crippen molar-refractivity contribution in [3.8, 4) is 0 Å². The molecule has 1 fully saturated rings. The number of hydrogen-bond donors (Lipinski definition) is 2. The molecule has 1 aliphatic rings. The predicted octanol–water partition coefficient (Wildman–Crippen LogP) is 0.726. The lowest BCUT2D eigenvalue weighted by molar-refractivity contribution is -0.145. The molecule has 1 aromatic heterocycles. The van der Waals surface area contributed by atoms with Gasteiger partial charge in [0.25, 0.3) is 0 Å². The van der Waals surface area contributed by atoms with Crippen molar-refractivity contribution in [3.63, 3.8) is 0 Å². The summed E-state index contributed by atoms with van der Waals surface area (Å²) >= 11 is 0. The average molecular weight is 223 g/mol. The molecular formula is C11H17N3O2. The Hall–Kier alpha value is -1.36. The van der Waals surface area contributed by atoms with Crippen LogP contribution in [0.25, 0.3) is 0 Å². The van der Waals surface area contributed by atoms with Gasteiger partial charge in [0.2, 0.25) is 0 Å². The van der Waals surface area contributed by atoms with Crippen molar-refractivity contribution in [2.45, 2.75) is 31.8 Å². The van der Waals surface area contributed by atoms with Gasteiger partial charge < -0.3 is 15.0 Å². The van der Waals surface area contributed by atoms with Gasteiger partial charge in [-0.15, -0.1) is 0 Å². The second kappa shape index (κ2) is 4.25. The van der Waals surface area contributed by atoms with Crippen molar-refractivity contribution in [1.82, 2.24) is 14.9 Å². The molecule has 2 N–H and O–H groups in total. The van der Waals surface area contributed by atoms with Crippen LogP contribution in [0, 0.1) is 5.92 Å². The van der Waals surface area contributed by atoms with Crippen LogP contribution in [-0.2, 0) is 11.3 Å². The van der Waals surface area contributed by atoms with Gasteiger partial charge >= 0.3 is 5.97 Å². The van der Waals surface area contributed by atoms with Crippen LogP contribution in [0.15, 0.2) is 18.7 Å². The quantitative estimate of drug-likeness (QED) is 0.746. The van der Waals surface area contributed by atoms with E-state index in [1.54, 1.807) is 19.4 Å². The van der Waals surface area contributed by atoms with Crippen molar-refractivity contribution in [2.24, 2.45) is 5.92 Å². The third-order valence-corrected chi connectivity index (χ3v) is 3.26. The minimum absolute atomic E-state index is 0.285. The Morgan fingerprint density at radius 1 is 1.69 bits per heavy atom. The van der Waals surface area contributed by atoms with E-state index in [9.17, 15) is 9.90 Å². The molecule has 0 aliphatic heterocycles. The maximum absolute atomic E-state index is 11.2. The summed E-state index contributed by atoms with van der Waals surface area (Å²) in [7, 11) is 0. The fraction of sp³-hybridized carbons (Fsp3) is 0.636. The fourth-order valence-electron chi connectivity index (χ4n) is 1.92. The standard InChI is InChI=1S/C11H17N3O2/c1-11(10(15)16,9-2-3-9)13-5-7-14-6-4-12-8-14/h4,6,8-9,13H,2-3,5,7H2,1H3,(H,15,16). The molecule has 1 unspecified atom stereocenters. The van der Waals surface area contributed by atoms with Gasteiger partial charge in [-0.25, -0.2) is 4.98 Å². The minimum Gasteiger partial charge on any atom is -0.480 e. The number of aliphatic carboxylic acids is 1. The zero-order valence-electron chi connectivity index (χ0n) is 9.39. The summed E-state index contributed by atoms with van der Waals surface area (Å²) in [5.74, 6) is -0.464. The number of hydrogen-bond acceptors (Lipinski definition) is 3. The number of imidazole rings is 1. The summed E-state index contributed by atoms with van der Waals surface area (Å²) in [5, 5.41) is 12.4. The lowest BCUT2D eigenvalue weighted by atomic mass is 9.96. The zero-order chi connectivity index (χ0) is 11.6. The van der Waals surface area contributed by atoms with E-state index in [0.29, 0.717) is 6.54 Å². The zero-order valence-corrected chi connectivity index (χ0v) is 9.39. The summed E-state index contributed by atoms with van der Waals surface area (Å²) in [6.45, 7) is 3.17. The molecule has 0 spiro atoms. The molecule has 1 aromatic rings. The van der Waals surface area contributed by atoms with Gasteiger partial charge in [-0.1, -0.05) is 0 Å². The van der Waals surface area contributed by atoms with E-state index in [2.05, 4.69) is 10.3 Å². The van der Waals surface area contributed by atoms with E-state index in [1.165, 1.54) is 0 Å². The molecule has 0 amide bonds. The lowest BCUT2D eigenvalue weighted by Gasteiger charge is -2.26. The fourth-order valence-corrected chi connectivity index (χ4v) is 1.92. The highest BCUT2D eigenvalue weighted by atomic mass is 16.4. The number of aromatic nitrogens is 2. The Kier molecular flexibility index (Phi) is 2.96. The average Bonchev–Trinajstić information content (AvgIpc) is 2.98. The Labute approximate surface area is 94.5 Å². The molecule has 16 heavy (non-hydrogen) atoms. The summed E-state index contributed by atoms with van der Waals surface area (Å²) in [5.41, 5.74) is -0.763. The second-order valence-corrected chi connectivity index (χ2v) is 4.51. The van der Waals surface area contributed by atoms with Crippen molar-refractivity contribution in [1.29, 1.82) is 0 Å². The third kappa shape index (κ3) is 2.24. The highest BCUT2D eigenvalue weighted by Gasteiger charge is 2.46. The van der Waals surface area contributed by atoms with Crippen LogP contribution in [-0.4, -0.2) is 32.7 Å². The molecule has 1 heterocycles. The van der Waals surface area contributed by atoms with E-state index in [0.717, 1.165) is 19.4 Å². The molecular weight excluding hydrogens is 206 g/mol. The van der Waals surface area contributed by atoms with Gasteiger partial charge in [-0.05, 0) is 25.7 Å². The summed E-state index contributed by atoms with van der Waals surface area (Å²) in [6.07, 6.45) is 7.35. The molecule has 0 bridgehead atoms. The first kappa shape index (κ1) is 11.1. The summed E-state index contributed by atoms with van der Waals surface area (Å²) < 4.78 is 1.93. The molecule has 0 radical (unpaired) electrons. The molecule has 5 nitrogen and oxygen atoms in total. The van der Waals surface area contributed by atoms with Crippen LogP contribution >= 0.6 is 0 Å². The number of nitrogens with one attached hydrogen (secondary N) is 1. The molecule has 0 aromatic carbocycles. The highest BCUT2D eigenvalue weighted by molar-refractivity contribution is 5.79. The van der Waals surface area contributed by atoms with Crippen LogP contribution in [0.2, 0.25) is 0 Å². The number of carbonyl (C=O) groups is 1. The summed E-state index contributed by atoms with van der Waals surface area (Å²) in [4.78, 5) is 15.2. The Balaban J connectivity index is 1.85. The summed E-state index contributed by atoms with van der Waals surface area (Å²) in [6, 6.07) is 0. The van der Waals surface area contributed by atoms with Gasteiger partial charge in [0, 0.05) is 25.5 Å². The molecule has 1 saturated carbocycles. The molecule has 0 saturated heterocycles. The van der Waals surface area contributed by atoms with E-state index in [4.69, 9.17) is 0 Å². The SMILES string of the molecule is CC(NCCn1ccnc1)(C(=O)O)C1CC1. The Morgan fingerprint density at radius 3 is 2.94 bits per heavy atom. The maximum Gasteiger partial charge on any atom is 0.323 e. The third-order valence-electron chi connectivity index (χ3n) is 3.26. The predicted molar refractivity (Wildman–Crippen MR) is 59.0 cm³/mol. The highest BCUT2D eigenvalue weighted by Crippen LogP contribution is 2.39. The van der Waals surface area contributed by atoms with Crippen molar-refractivity contribution in [3.05, 3.63) is 18.7 Å². The van der Waals surface area contributed by atoms with Gasteiger partial charge in [0.05, 0.1) is 6.33 Å². The van der Waals surface area contributed by atoms with Crippen LogP contribution in [0.1, 0.15) is 19.8 Å². The van der Waals surface area contributed by atoms with Crippen LogP contribution < -0.4 is 5.32 Å². The first-order chi connectivity index (χ1) is 7.63. The number of carboxylic acid groups (broad SMARTS) is 1. The van der Waals surface area contributed by atoms with Gasteiger partial charge in [0.15, 0.2) is 0 Å². The maximum atomic E-state index is 11.2. The monoisotopic (exact) mass is 223 g/mol. The first-order valence-corrected chi connectivity index (χ1v) is 5.57. The first-order valence-electron chi connectivity index (χ1n) is 5.57. The smallest absolute Gasteiger partial charge is 0.323 e. The second-order valence-electron chi connectivity index (χ2n) is 4.51. The Morgan fingerprint density at radius 2 is 2.44 bits per heavy atom. The molecule has 1 atom stereocenters. The number of rotatable bonds is 6. The molecule has 5 heteroatoms. The largest absolute Gasteiger partial charge is 0.480 e. The molecule has 2 rings (SSSR count). The van der Waals surface area contributed by atoms with Crippen LogP contribution in [0.4, 0.5) is 0 Å². The van der Waals surface area contributed by atoms with E-state index in [1.807, 2.05) is 10.8 Å². The van der Waals surface area contributed by atoms with Gasteiger partial charge in [-0.3, -0.25) is 4.79 Å².